The van der Waals surface area contributed by atoms with Crippen molar-refractivity contribution in [1.29, 1.82) is 5.41 Å². The van der Waals surface area contributed by atoms with Crippen LogP contribution in [0.15, 0.2) is 0 Å². The third kappa shape index (κ3) is 5.53. The van der Waals surface area contributed by atoms with Crippen LogP contribution in [0.5, 0.6) is 0 Å². The molecule has 0 rings (SSSR count). The van der Waals surface area contributed by atoms with Crippen LogP contribution in [-0.2, 0) is 4.74 Å². The Morgan fingerprint density at radius 3 is 2.82 bits per heavy atom. The number of carbonyl (C=O) groups excluding carboxylic acids is 1. The van der Waals surface area contributed by atoms with Crippen LogP contribution in [0.4, 0.5) is 4.79 Å². The van der Waals surface area contributed by atoms with Gasteiger partial charge in [0, 0.05) is 5.75 Å². The lowest BCUT2D eigenvalue weighted by atomic mass is 10.9. The lowest BCUT2D eigenvalue weighted by Gasteiger charge is -2.04. The summed E-state index contributed by atoms with van der Waals surface area (Å²) in [5.74, 6) is 0.785. The van der Waals surface area contributed by atoms with Crippen LogP contribution in [0.25, 0.3) is 0 Å². The summed E-state index contributed by atoms with van der Waals surface area (Å²) in [5.41, 5.74) is 0. The maximum atomic E-state index is 10.7. The molecule has 64 valence electrons. The van der Waals surface area contributed by atoms with Gasteiger partial charge in [-0.3, -0.25) is 15.4 Å². The fourth-order valence-electron chi connectivity index (χ4n) is 0.317. The van der Waals surface area contributed by atoms with Crippen LogP contribution in [-0.4, -0.2) is 24.9 Å². The molecular formula is C5H11N3O2S. The van der Waals surface area contributed by atoms with E-state index in [0.717, 1.165) is 5.75 Å². The van der Waals surface area contributed by atoms with Crippen molar-refractivity contribution < 1.29 is 9.53 Å². The van der Waals surface area contributed by atoms with E-state index in [0.29, 0.717) is 0 Å². The lowest BCUT2D eigenvalue weighted by molar-refractivity contribution is 0.247. The summed E-state index contributed by atoms with van der Waals surface area (Å²) in [6, 6.07) is -0.706. The van der Waals surface area contributed by atoms with Crippen molar-refractivity contribution >= 4 is 24.0 Å². The van der Waals surface area contributed by atoms with Gasteiger partial charge in [0.2, 0.25) is 0 Å². The summed E-state index contributed by atoms with van der Waals surface area (Å²) in [4.78, 5) is 10.7. The minimum absolute atomic E-state index is 0.265. The summed E-state index contributed by atoms with van der Waals surface area (Å²) in [7, 11) is 1.32. The van der Waals surface area contributed by atoms with E-state index in [1.54, 1.807) is 0 Å². The summed E-state index contributed by atoms with van der Waals surface area (Å²) >= 11 is 1.25. The van der Waals surface area contributed by atoms with Gasteiger partial charge in [-0.1, -0.05) is 6.92 Å². The number of rotatable bonds is 2. The first-order valence-corrected chi connectivity index (χ1v) is 4.00. The highest BCUT2D eigenvalue weighted by Crippen LogP contribution is 1.88. The Morgan fingerprint density at radius 1 is 1.73 bits per heavy atom. The van der Waals surface area contributed by atoms with Crippen molar-refractivity contribution in [2.24, 2.45) is 0 Å². The van der Waals surface area contributed by atoms with Gasteiger partial charge in [0.05, 0.1) is 7.11 Å². The molecule has 2 amide bonds. The van der Waals surface area contributed by atoms with Crippen molar-refractivity contribution in [3.05, 3.63) is 0 Å². The van der Waals surface area contributed by atoms with Crippen LogP contribution < -0.4 is 10.0 Å². The molecule has 5 nitrogen and oxygen atoms in total. The number of urea groups is 1. The molecule has 0 aromatic heterocycles. The highest BCUT2D eigenvalue weighted by molar-refractivity contribution is 7.97. The molecule has 3 N–H and O–H groups in total. The molecule has 0 radical (unpaired) electrons. The second-order valence-electron chi connectivity index (χ2n) is 1.52. The molecule has 0 aliphatic rings. The van der Waals surface area contributed by atoms with Gasteiger partial charge < -0.3 is 4.74 Å². The smallest absolute Gasteiger partial charge is 0.332 e. The highest BCUT2D eigenvalue weighted by atomic mass is 32.2. The second-order valence-corrected chi connectivity index (χ2v) is 2.59. The van der Waals surface area contributed by atoms with E-state index in [-0.39, 0.29) is 6.02 Å². The van der Waals surface area contributed by atoms with Crippen molar-refractivity contribution in [2.75, 3.05) is 12.9 Å². The van der Waals surface area contributed by atoms with Crippen molar-refractivity contribution in [2.45, 2.75) is 6.92 Å². The number of hydrogen-bond donors (Lipinski definition) is 3. The standard InChI is InChI=1S/C5H11N3O2S/c1-3-11-8-5(9)7-4(6)10-2/h3H2,1-2H3,(H3,6,7,8,9). The van der Waals surface area contributed by atoms with E-state index in [2.05, 4.69) is 14.8 Å². The summed E-state index contributed by atoms with van der Waals surface area (Å²) in [5, 5.41) is 9.05. The molecular weight excluding hydrogens is 166 g/mol. The SMILES string of the molecule is CCSNC(=O)NC(=N)OC. The van der Waals surface area contributed by atoms with Crippen LogP contribution in [0.1, 0.15) is 6.92 Å². The van der Waals surface area contributed by atoms with Gasteiger partial charge in [-0.25, -0.2) is 4.79 Å². The van der Waals surface area contributed by atoms with Gasteiger partial charge in [0.25, 0.3) is 6.02 Å². The van der Waals surface area contributed by atoms with Gasteiger partial charge in [-0.05, 0) is 11.9 Å². The third-order valence-corrected chi connectivity index (χ3v) is 1.36. The van der Waals surface area contributed by atoms with Gasteiger partial charge >= 0.3 is 6.03 Å². The van der Waals surface area contributed by atoms with E-state index in [4.69, 9.17) is 5.41 Å². The molecule has 0 heterocycles. The van der Waals surface area contributed by atoms with Crippen molar-refractivity contribution in [3.8, 4) is 0 Å². The number of amides is 2. The van der Waals surface area contributed by atoms with Gasteiger partial charge in [0.1, 0.15) is 0 Å². The molecule has 0 aliphatic heterocycles. The summed E-state index contributed by atoms with van der Waals surface area (Å²) < 4.78 is 6.85. The first-order chi connectivity index (χ1) is 5.20. The molecule has 0 aliphatic carbocycles. The molecule has 0 fully saturated rings. The van der Waals surface area contributed by atoms with Crippen molar-refractivity contribution in [1.82, 2.24) is 10.0 Å². The number of carbonyl (C=O) groups is 1. The van der Waals surface area contributed by atoms with E-state index >= 15 is 0 Å². The molecule has 0 unspecified atom stereocenters. The zero-order valence-corrected chi connectivity index (χ0v) is 7.25. The first kappa shape index (κ1) is 10.1. The monoisotopic (exact) mass is 177 g/mol. The molecule has 0 bridgehead atoms. The topological polar surface area (TPSA) is 74.2 Å². The Hall–Kier alpha value is -0.910. The summed E-state index contributed by atoms with van der Waals surface area (Å²) in [6.07, 6.45) is 0. The molecule has 0 aromatic carbocycles. The normalized spacial score (nSPS) is 8.55. The molecule has 0 spiro atoms. The molecule has 0 saturated carbocycles. The predicted octanol–water partition coefficient (Wildman–Crippen LogP) is 0.535. The maximum Gasteiger partial charge on any atom is 0.332 e. The highest BCUT2D eigenvalue weighted by Gasteiger charge is 2.01. The lowest BCUT2D eigenvalue weighted by Crippen LogP contribution is -2.36. The molecule has 0 aromatic rings. The van der Waals surface area contributed by atoms with Crippen LogP contribution in [0.3, 0.4) is 0 Å². The van der Waals surface area contributed by atoms with Gasteiger partial charge in [-0.2, -0.15) is 0 Å². The van der Waals surface area contributed by atoms with Crippen LogP contribution >= 0.6 is 11.9 Å². The fourth-order valence-corrected chi connectivity index (χ4v) is 0.644. The molecule has 0 atom stereocenters. The fraction of sp³-hybridized carbons (Fsp3) is 0.600. The maximum absolute atomic E-state index is 10.7. The van der Waals surface area contributed by atoms with Crippen LogP contribution in [0.2, 0.25) is 0 Å². The van der Waals surface area contributed by atoms with E-state index in [1.807, 2.05) is 6.92 Å². The zero-order chi connectivity index (χ0) is 8.69. The predicted molar refractivity (Wildman–Crippen MR) is 44.5 cm³/mol. The third-order valence-electron chi connectivity index (χ3n) is 0.740. The molecule has 0 saturated heterocycles. The number of hydrogen-bond acceptors (Lipinski definition) is 4. The van der Waals surface area contributed by atoms with Crippen molar-refractivity contribution in [3.63, 3.8) is 0 Å². The van der Waals surface area contributed by atoms with E-state index < -0.39 is 6.03 Å². The largest absolute Gasteiger partial charge is 0.468 e. The van der Waals surface area contributed by atoms with E-state index in [1.165, 1.54) is 19.1 Å². The molecule has 6 heteroatoms. The number of ether oxygens (including phenoxy) is 1. The Bertz CT molecular complexity index is 151. The Morgan fingerprint density at radius 2 is 2.36 bits per heavy atom. The zero-order valence-electron chi connectivity index (χ0n) is 6.43. The molecule has 11 heavy (non-hydrogen) atoms. The Balaban J connectivity index is 3.44. The van der Waals surface area contributed by atoms with Crippen LogP contribution in [0, 0.1) is 5.41 Å². The number of methoxy groups -OCH3 is 1. The average Bonchev–Trinajstić information content (AvgIpc) is 2.00. The quantitative estimate of drug-likeness (QED) is 0.327. The first-order valence-electron chi connectivity index (χ1n) is 3.02. The van der Waals surface area contributed by atoms with E-state index in [9.17, 15) is 4.79 Å². The minimum atomic E-state index is -0.441. The number of amidine groups is 1. The Kier molecular flexibility index (Phi) is 5.36. The number of nitrogens with one attached hydrogen (secondary N) is 3. The van der Waals surface area contributed by atoms with Gasteiger partial charge in [-0.15, -0.1) is 0 Å². The van der Waals surface area contributed by atoms with Gasteiger partial charge in [0.15, 0.2) is 0 Å². The Labute approximate surface area is 69.5 Å². The average molecular weight is 177 g/mol. The second kappa shape index (κ2) is 5.84. The summed E-state index contributed by atoms with van der Waals surface area (Å²) in [6.45, 7) is 1.91. The minimum Gasteiger partial charge on any atom is -0.468 e.